The van der Waals surface area contributed by atoms with Gasteiger partial charge in [-0.25, -0.2) is 4.79 Å². The number of rotatable bonds is 4. The monoisotopic (exact) mass is 227 g/mol. The molecule has 1 atom stereocenters. The van der Waals surface area contributed by atoms with Gasteiger partial charge in [-0.05, 0) is 19.3 Å². The van der Waals surface area contributed by atoms with Crippen LogP contribution in [-0.2, 0) is 9.53 Å². The van der Waals surface area contributed by atoms with Gasteiger partial charge in [0.25, 0.3) is 0 Å². The van der Waals surface area contributed by atoms with Gasteiger partial charge in [0.05, 0.1) is 13.2 Å². The first-order chi connectivity index (χ1) is 7.63. The number of carbonyl (C=O) groups is 2. The number of hydrogen-bond donors (Lipinski definition) is 1. The summed E-state index contributed by atoms with van der Waals surface area (Å²) in [6.07, 6.45) is 6.37. The van der Waals surface area contributed by atoms with Crippen LogP contribution in [0.4, 0.5) is 4.79 Å². The second-order valence-corrected chi connectivity index (χ2v) is 4.54. The fourth-order valence-electron chi connectivity index (χ4n) is 2.28. The van der Waals surface area contributed by atoms with Crippen LogP contribution in [0.5, 0.6) is 0 Å². The van der Waals surface area contributed by atoms with E-state index in [-0.39, 0.29) is 11.8 Å². The molecule has 16 heavy (non-hydrogen) atoms. The number of amides is 1. The van der Waals surface area contributed by atoms with E-state index in [4.69, 9.17) is 0 Å². The predicted molar refractivity (Wildman–Crippen MR) is 61.2 cm³/mol. The molecular weight excluding hydrogens is 206 g/mol. The minimum atomic E-state index is -0.518. The van der Waals surface area contributed by atoms with Gasteiger partial charge in [-0.2, -0.15) is 0 Å². The van der Waals surface area contributed by atoms with Crippen molar-refractivity contribution >= 4 is 11.9 Å². The molecule has 1 saturated carbocycles. The lowest BCUT2D eigenvalue weighted by Crippen LogP contribution is -2.41. The Morgan fingerprint density at radius 2 is 1.94 bits per heavy atom. The van der Waals surface area contributed by atoms with Gasteiger partial charge >= 0.3 is 6.09 Å². The summed E-state index contributed by atoms with van der Waals surface area (Å²) in [5.41, 5.74) is 0. The Kier molecular flexibility index (Phi) is 5.29. The SMILES string of the molecule is COC(=O)N[C@@H](CC1CCCCC1)C(C)=O. The highest BCUT2D eigenvalue weighted by molar-refractivity contribution is 5.85. The first-order valence-electron chi connectivity index (χ1n) is 5.98. The lowest BCUT2D eigenvalue weighted by atomic mass is 9.84. The summed E-state index contributed by atoms with van der Waals surface area (Å²) in [5, 5.41) is 2.60. The van der Waals surface area contributed by atoms with E-state index < -0.39 is 6.09 Å². The molecule has 0 bridgehead atoms. The molecule has 0 spiro atoms. The number of hydrogen-bond acceptors (Lipinski definition) is 3. The van der Waals surface area contributed by atoms with Gasteiger partial charge < -0.3 is 10.1 Å². The summed E-state index contributed by atoms with van der Waals surface area (Å²) in [6.45, 7) is 1.52. The van der Waals surface area contributed by atoms with E-state index >= 15 is 0 Å². The summed E-state index contributed by atoms with van der Waals surface area (Å²) in [7, 11) is 1.31. The average molecular weight is 227 g/mol. The van der Waals surface area contributed by atoms with Crippen LogP contribution in [0.1, 0.15) is 45.4 Å². The van der Waals surface area contributed by atoms with E-state index in [0.29, 0.717) is 5.92 Å². The number of ketones is 1. The second-order valence-electron chi connectivity index (χ2n) is 4.54. The number of carbonyl (C=O) groups excluding carboxylic acids is 2. The number of ether oxygens (including phenoxy) is 1. The van der Waals surface area contributed by atoms with Gasteiger partial charge in [-0.1, -0.05) is 32.1 Å². The van der Waals surface area contributed by atoms with Crippen molar-refractivity contribution in [3.8, 4) is 0 Å². The van der Waals surface area contributed by atoms with Crippen molar-refractivity contribution < 1.29 is 14.3 Å². The molecule has 1 aliphatic carbocycles. The van der Waals surface area contributed by atoms with Crippen molar-refractivity contribution in [1.29, 1.82) is 0 Å². The molecule has 0 radical (unpaired) electrons. The second kappa shape index (κ2) is 6.51. The van der Waals surface area contributed by atoms with Crippen molar-refractivity contribution in [2.75, 3.05) is 7.11 Å². The Hall–Kier alpha value is -1.06. The summed E-state index contributed by atoms with van der Waals surface area (Å²) in [6, 6.07) is -0.379. The van der Waals surface area contributed by atoms with Gasteiger partial charge in [-0.15, -0.1) is 0 Å². The zero-order valence-electron chi connectivity index (χ0n) is 10.1. The molecule has 0 aromatic carbocycles. The number of alkyl carbamates (subject to hydrolysis) is 1. The van der Waals surface area contributed by atoms with Crippen LogP contribution in [0.3, 0.4) is 0 Å². The van der Waals surface area contributed by atoms with Crippen LogP contribution in [0.2, 0.25) is 0 Å². The maximum Gasteiger partial charge on any atom is 0.407 e. The maximum absolute atomic E-state index is 11.4. The van der Waals surface area contributed by atoms with E-state index in [2.05, 4.69) is 10.1 Å². The molecule has 1 rings (SSSR count). The third-order valence-corrected chi connectivity index (χ3v) is 3.26. The topological polar surface area (TPSA) is 55.4 Å². The van der Waals surface area contributed by atoms with E-state index in [1.807, 2.05) is 0 Å². The highest BCUT2D eigenvalue weighted by Crippen LogP contribution is 2.27. The summed E-state index contributed by atoms with van der Waals surface area (Å²) >= 11 is 0. The van der Waals surface area contributed by atoms with Crippen LogP contribution >= 0.6 is 0 Å². The average Bonchev–Trinajstić information content (AvgIpc) is 2.29. The zero-order valence-corrected chi connectivity index (χ0v) is 10.1. The third kappa shape index (κ3) is 4.21. The van der Waals surface area contributed by atoms with E-state index in [1.54, 1.807) is 0 Å². The summed E-state index contributed by atoms with van der Waals surface area (Å²) in [5.74, 6) is 0.579. The quantitative estimate of drug-likeness (QED) is 0.801. The largest absolute Gasteiger partial charge is 0.453 e. The van der Waals surface area contributed by atoms with E-state index in [0.717, 1.165) is 6.42 Å². The normalized spacial score (nSPS) is 18.9. The maximum atomic E-state index is 11.4. The number of nitrogens with one attached hydrogen (secondary N) is 1. The molecule has 0 aromatic rings. The predicted octanol–water partition coefficient (Wildman–Crippen LogP) is 2.27. The first-order valence-corrected chi connectivity index (χ1v) is 5.98. The Labute approximate surface area is 96.7 Å². The minimum absolute atomic E-state index is 0.0102. The zero-order chi connectivity index (χ0) is 12.0. The standard InChI is InChI=1S/C12H21NO3/c1-9(14)11(13-12(15)16-2)8-10-6-4-3-5-7-10/h10-11H,3-8H2,1-2H3,(H,13,15)/t11-/m0/s1. The molecule has 1 aliphatic rings. The Balaban J connectivity index is 2.43. The molecule has 1 amide bonds. The minimum Gasteiger partial charge on any atom is -0.453 e. The lowest BCUT2D eigenvalue weighted by molar-refractivity contribution is -0.119. The Morgan fingerprint density at radius 1 is 1.31 bits per heavy atom. The van der Waals surface area contributed by atoms with Crippen molar-refractivity contribution in [2.24, 2.45) is 5.92 Å². The van der Waals surface area contributed by atoms with Gasteiger partial charge in [-0.3, -0.25) is 4.79 Å². The van der Waals surface area contributed by atoms with Crippen molar-refractivity contribution in [3.05, 3.63) is 0 Å². The molecule has 0 unspecified atom stereocenters. The van der Waals surface area contributed by atoms with Crippen LogP contribution < -0.4 is 5.32 Å². The van der Waals surface area contributed by atoms with Crippen molar-refractivity contribution in [3.63, 3.8) is 0 Å². The number of Topliss-reactive ketones (excluding diaryl/α,β-unsaturated/α-hetero) is 1. The van der Waals surface area contributed by atoms with Crippen LogP contribution in [0.25, 0.3) is 0 Å². The van der Waals surface area contributed by atoms with Crippen LogP contribution in [0.15, 0.2) is 0 Å². The smallest absolute Gasteiger partial charge is 0.407 e. The molecule has 0 heterocycles. The first kappa shape index (κ1) is 13.0. The summed E-state index contributed by atoms with van der Waals surface area (Å²) < 4.78 is 4.52. The molecule has 1 N–H and O–H groups in total. The number of methoxy groups -OCH3 is 1. The van der Waals surface area contributed by atoms with E-state index in [1.165, 1.54) is 46.1 Å². The fraction of sp³-hybridized carbons (Fsp3) is 0.833. The highest BCUT2D eigenvalue weighted by Gasteiger charge is 2.23. The Morgan fingerprint density at radius 3 is 2.44 bits per heavy atom. The third-order valence-electron chi connectivity index (χ3n) is 3.26. The Bertz CT molecular complexity index is 247. The molecule has 92 valence electrons. The molecule has 0 aromatic heterocycles. The van der Waals surface area contributed by atoms with Gasteiger partial charge in [0.1, 0.15) is 0 Å². The fourth-order valence-corrected chi connectivity index (χ4v) is 2.28. The van der Waals surface area contributed by atoms with Crippen LogP contribution in [-0.4, -0.2) is 25.0 Å². The highest BCUT2D eigenvalue weighted by atomic mass is 16.5. The van der Waals surface area contributed by atoms with Gasteiger partial charge in [0.15, 0.2) is 5.78 Å². The molecular formula is C12H21NO3. The molecule has 0 aliphatic heterocycles. The molecule has 4 heteroatoms. The lowest BCUT2D eigenvalue weighted by Gasteiger charge is -2.25. The summed E-state index contributed by atoms with van der Waals surface area (Å²) in [4.78, 5) is 22.5. The molecule has 4 nitrogen and oxygen atoms in total. The van der Waals surface area contributed by atoms with Crippen molar-refractivity contribution in [1.82, 2.24) is 5.32 Å². The molecule has 0 saturated heterocycles. The van der Waals surface area contributed by atoms with Gasteiger partial charge in [0, 0.05) is 0 Å². The van der Waals surface area contributed by atoms with Crippen LogP contribution in [0, 0.1) is 5.92 Å². The molecule has 1 fully saturated rings. The van der Waals surface area contributed by atoms with E-state index in [9.17, 15) is 9.59 Å². The van der Waals surface area contributed by atoms with Gasteiger partial charge in [0.2, 0.25) is 0 Å². The van der Waals surface area contributed by atoms with Crippen molar-refractivity contribution in [2.45, 2.75) is 51.5 Å².